The van der Waals surface area contributed by atoms with Crippen LogP contribution in [0.15, 0.2) is 53.7 Å². The molecule has 22 heavy (non-hydrogen) atoms. The van der Waals surface area contributed by atoms with Crippen LogP contribution in [-0.4, -0.2) is 17.5 Å². The van der Waals surface area contributed by atoms with Gasteiger partial charge in [0.05, 0.1) is 0 Å². The summed E-state index contributed by atoms with van der Waals surface area (Å²) in [5, 5.41) is 2.98. The zero-order chi connectivity index (χ0) is 15.4. The van der Waals surface area contributed by atoms with Gasteiger partial charge in [0.1, 0.15) is 11.6 Å². The van der Waals surface area contributed by atoms with Gasteiger partial charge in [-0.3, -0.25) is 4.99 Å². The molecule has 4 nitrogen and oxygen atoms in total. The van der Waals surface area contributed by atoms with Crippen LogP contribution in [0.1, 0.15) is 18.4 Å². The number of hydrogen-bond acceptors (Lipinski definition) is 2. The van der Waals surface area contributed by atoms with Crippen molar-refractivity contribution in [1.29, 1.82) is 0 Å². The summed E-state index contributed by atoms with van der Waals surface area (Å²) in [7, 11) is 0. The van der Waals surface area contributed by atoms with Crippen molar-refractivity contribution in [1.82, 2.24) is 4.98 Å². The van der Waals surface area contributed by atoms with Crippen LogP contribution in [0, 0.1) is 11.2 Å². The van der Waals surface area contributed by atoms with E-state index in [1.165, 1.54) is 12.1 Å². The summed E-state index contributed by atoms with van der Waals surface area (Å²) in [5.74, 6) is 0.867. The number of nitrogens with one attached hydrogen (secondary N) is 1. The molecule has 3 N–H and O–H groups in total. The summed E-state index contributed by atoms with van der Waals surface area (Å²) in [6.45, 7) is 0.677. The summed E-state index contributed by atoms with van der Waals surface area (Å²) < 4.78 is 12.9. The molecule has 1 aliphatic carbocycles. The minimum Gasteiger partial charge on any atom is -0.370 e. The summed E-state index contributed by atoms with van der Waals surface area (Å²) in [6, 6.07) is 12.3. The molecule has 0 atom stereocenters. The molecular weight excluding hydrogens is 279 g/mol. The zero-order valence-electron chi connectivity index (χ0n) is 12.3. The van der Waals surface area contributed by atoms with Gasteiger partial charge in [0, 0.05) is 12.7 Å². The van der Waals surface area contributed by atoms with E-state index in [0.717, 1.165) is 24.8 Å². The number of rotatable bonds is 5. The van der Waals surface area contributed by atoms with Crippen LogP contribution in [0.2, 0.25) is 0 Å². The highest BCUT2D eigenvalue weighted by atomic mass is 19.1. The molecule has 1 fully saturated rings. The Bertz CT molecular complexity index is 648. The van der Waals surface area contributed by atoms with Crippen LogP contribution in [0.5, 0.6) is 0 Å². The molecule has 0 saturated heterocycles. The van der Waals surface area contributed by atoms with Crippen molar-refractivity contribution in [2.75, 3.05) is 11.9 Å². The third kappa shape index (κ3) is 3.81. The van der Waals surface area contributed by atoms with E-state index >= 15 is 0 Å². The van der Waals surface area contributed by atoms with Gasteiger partial charge in [-0.1, -0.05) is 18.2 Å². The van der Waals surface area contributed by atoms with Crippen LogP contribution >= 0.6 is 0 Å². The minimum absolute atomic E-state index is 0.175. The number of guanidine groups is 1. The first-order chi connectivity index (χ1) is 10.7. The minimum atomic E-state index is -0.199. The number of anilines is 1. The summed E-state index contributed by atoms with van der Waals surface area (Å²) >= 11 is 0. The lowest BCUT2D eigenvalue weighted by atomic mass is 9.97. The predicted octanol–water partition coefficient (Wildman–Crippen LogP) is 2.97. The number of aliphatic imine (C=N–C) groups is 1. The first-order valence-electron chi connectivity index (χ1n) is 7.38. The molecule has 0 aliphatic heterocycles. The van der Waals surface area contributed by atoms with Gasteiger partial charge in [-0.2, -0.15) is 0 Å². The molecular formula is C17H19FN4. The van der Waals surface area contributed by atoms with Crippen LogP contribution in [-0.2, 0) is 6.42 Å². The van der Waals surface area contributed by atoms with Crippen molar-refractivity contribution in [3.8, 4) is 0 Å². The van der Waals surface area contributed by atoms with Crippen molar-refractivity contribution in [2.24, 2.45) is 16.1 Å². The highest BCUT2D eigenvalue weighted by Gasteiger charge is 2.42. The topological polar surface area (TPSA) is 63.3 Å². The molecule has 2 aromatic rings. The van der Waals surface area contributed by atoms with Gasteiger partial charge in [0.25, 0.3) is 0 Å². The Labute approximate surface area is 129 Å². The van der Waals surface area contributed by atoms with E-state index in [2.05, 4.69) is 15.3 Å². The summed E-state index contributed by atoms with van der Waals surface area (Å²) in [5.41, 5.74) is 7.22. The Kier molecular flexibility index (Phi) is 4.04. The van der Waals surface area contributed by atoms with E-state index in [-0.39, 0.29) is 11.2 Å². The maximum atomic E-state index is 12.9. The average Bonchev–Trinajstić information content (AvgIpc) is 3.29. The van der Waals surface area contributed by atoms with E-state index in [0.29, 0.717) is 18.3 Å². The number of hydrogen-bond donors (Lipinski definition) is 2. The van der Waals surface area contributed by atoms with Crippen molar-refractivity contribution in [3.05, 3.63) is 60.0 Å². The number of benzene rings is 1. The Morgan fingerprint density at radius 2 is 2.00 bits per heavy atom. The SMILES string of the molecule is NC(=NCC1(Cc2ccc(F)cc2)CC1)Nc1ccccn1. The standard InChI is InChI=1S/C17H19FN4/c18-14-6-4-13(5-7-14)11-17(8-9-17)12-21-16(19)22-15-3-1-2-10-20-15/h1-7,10H,8-9,11-12H2,(H3,19,20,21,22). The maximum absolute atomic E-state index is 12.9. The first-order valence-corrected chi connectivity index (χ1v) is 7.38. The number of nitrogens with zero attached hydrogens (tertiary/aromatic N) is 2. The molecule has 1 aromatic carbocycles. The fraction of sp³-hybridized carbons (Fsp3) is 0.294. The molecule has 0 bridgehead atoms. The summed E-state index contributed by atoms with van der Waals surface area (Å²) in [4.78, 5) is 8.58. The Morgan fingerprint density at radius 1 is 1.23 bits per heavy atom. The number of pyridine rings is 1. The number of nitrogens with two attached hydrogens (primary N) is 1. The highest BCUT2D eigenvalue weighted by molar-refractivity contribution is 5.91. The fourth-order valence-corrected chi connectivity index (χ4v) is 2.46. The molecule has 0 radical (unpaired) electrons. The van der Waals surface area contributed by atoms with Gasteiger partial charge in [-0.25, -0.2) is 9.37 Å². The number of halogens is 1. The van der Waals surface area contributed by atoms with Gasteiger partial charge >= 0.3 is 0 Å². The van der Waals surface area contributed by atoms with Crippen molar-refractivity contribution >= 4 is 11.8 Å². The molecule has 0 spiro atoms. The second kappa shape index (κ2) is 6.13. The lowest BCUT2D eigenvalue weighted by Gasteiger charge is -2.13. The van der Waals surface area contributed by atoms with Crippen LogP contribution < -0.4 is 11.1 Å². The lowest BCUT2D eigenvalue weighted by Crippen LogP contribution is -2.25. The molecule has 114 valence electrons. The number of aromatic nitrogens is 1. The predicted molar refractivity (Wildman–Crippen MR) is 86.1 cm³/mol. The van der Waals surface area contributed by atoms with Crippen molar-refractivity contribution in [2.45, 2.75) is 19.3 Å². The Morgan fingerprint density at radius 3 is 2.64 bits per heavy atom. The molecule has 1 saturated carbocycles. The van der Waals surface area contributed by atoms with E-state index in [1.807, 2.05) is 30.3 Å². The van der Waals surface area contributed by atoms with Gasteiger partial charge in [-0.05, 0) is 54.5 Å². The van der Waals surface area contributed by atoms with Gasteiger partial charge in [0.15, 0.2) is 5.96 Å². The zero-order valence-corrected chi connectivity index (χ0v) is 12.3. The lowest BCUT2D eigenvalue weighted by molar-refractivity contribution is 0.521. The second-order valence-electron chi connectivity index (χ2n) is 5.84. The molecule has 1 aromatic heterocycles. The average molecular weight is 298 g/mol. The van der Waals surface area contributed by atoms with Crippen LogP contribution in [0.4, 0.5) is 10.2 Å². The molecule has 1 aliphatic rings. The van der Waals surface area contributed by atoms with E-state index < -0.39 is 0 Å². The largest absolute Gasteiger partial charge is 0.370 e. The Hall–Kier alpha value is -2.43. The molecule has 3 rings (SSSR count). The van der Waals surface area contributed by atoms with E-state index in [1.54, 1.807) is 6.20 Å². The van der Waals surface area contributed by atoms with Crippen molar-refractivity contribution in [3.63, 3.8) is 0 Å². The van der Waals surface area contributed by atoms with Gasteiger partial charge in [-0.15, -0.1) is 0 Å². The molecule has 0 unspecified atom stereocenters. The maximum Gasteiger partial charge on any atom is 0.194 e. The monoisotopic (exact) mass is 298 g/mol. The third-order valence-corrected chi connectivity index (χ3v) is 3.96. The Balaban J connectivity index is 1.58. The highest BCUT2D eigenvalue weighted by Crippen LogP contribution is 2.48. The van der Waals surface area contributed by atoms with Gasteiger partial charge in [0.2, 0.25) is 0 Å². The third-order valence-electron chi connectivity index (χ3n) is 3.96. The van der Waals surface area contributed by atoms with Gasteiger partial charge < -0.3 is 11.1 Å². The fourth-order valence-electron chi connectivity index (χ4n) is 2.46. The first kappa shape index (κ1) is 14.5. The molecule has 1 heterocycles. The van der Waals surface area contributed by atoms with E-state index in [9.17, 15) is 4.39 Å². The summed E-state index contributed by atoms with van der Waals surface area (Å²) in [6.07, 6.45) is 4.87. The quantitative estimate of drug-likeness (QED) is 0.659. The van der Waals surface area contributed by atoms with Crippen LogP contribution in [0.25, 0.3) is 0 Å². The normalized spacial score (nSPS) is 16.3. The van der Waals surface area contributed by atoms with Crippen LogP contribution in [0.3, 0.4) is 0 Å². The van der Waals surface area contributed by atoms with Crippen molar-refractivity contribution < 1.29 is 4.39 Å². The molecule has 5 heteroatoms. The molecule has 0 amide bonds. The van der Waals surface area contributed by atoms with E-state index in [4.69, 9.17) is 5.73 Å². The second-order valence-corrected chi connectivity index (χ2v) is 5.84. The smallest absolute Gasteiger partial charge is 0.194 e.